The van der Waals surface area contributed by atoms with Crippen LogP contribution in [0.2, 0.25) is 5.02 Å². The number of benzene rings is 1. The Morgan fingerprint density at radius 1 is 1.36 bits per heavy atom. The van der Waals surface area contributed by atoms with Crippen LogP contribution >= 0.6 is 11.6 Å². The van der Waals surface area contributed by atoms with Gasteiger partial charge in [-0.1, -0.05) is 24.6 Å². The molecule has 0 unspecified atom stereocenters. The van der Waals surface area contributed by atoms with Crippen molar-refractivity contribution in [2.75, 3.05) is 0 Å². The van der Waals surface area contributed by atoms with E-state index in [-0.39, 0.29) is 6.04 Å². The molecule has 0 aliphatic heterocycles. The topological polar surface area (TPSA) is 26.0 Å². The van der Waals surface area contributed by atoms with Gasteiger partial charge in [-0.25, -0.2) is 0 Å². The van der Waals surface area contributed by atoms with Gasteiger partial charge in [-0.15, -0.1) is 0 Å². The van der Waals surface area contributed by atoms with Crippen LogP contribution in [0.4, 0.5) is 0 Å². The van der Waals surface area contributed by atoms with E-state index in [0.717, 1.165) is 24.3 Å². The van der Waals surface area contributed by atoms with E-state index in [1.165, 1.54) is 23.1 Å². The Hall–Kier alpha value is -0.530. The summed E-state index contributed by atoms with van der Waals surface area (Å²) in [6.07, 6.45) is 4.49. The predicted octanol–water partition coefficient (Wildman–Crippen LogP) is 3.24. The van der Waals surface area contributed by atoms with Gasteiger partial charge in [0.05, 0.1) is 0 Å². The molecule has 0 fully saturated rings. The number of hydrogen-bond donors (Lipinski definition) is 1. The quantitative estimate of drug-likeness (QED) is 0.795. The molecule has 0 amide bonds. The van der Waals surface area contributed by atoms with Crippen molar-refractivity contribution >= 4 is 11.6 Å². The van der Waals surface area contributed by atoms with Gasteiger partial charge < -0.3 is 5.73 Å². The zero-order valence-electron chi connectivity index (χ0n) is 8.52. The fraction of sp³-hybridized carbons (Fsp3) is 0.500. The summed E-state index contributed by atoms with van der Waals surface area (Å²) in [5.74, 6) is 0. The summed E-state index contributed by atoms with van der Waals surface area (Å²) in [7, 11) is 0. The van der Waals surface area contributed by atoms with E-state index in [4.69, 9.17) is 17.3 Å². The maximum Gasteiger partial charge on any atom is 0.0440 e. The number of nitrogens with two attached hydrogens (primary N) is 1. The molecule has 1 nitrogen and oxygen atoms in total. The number of halogens is 1. The van der Waals surface area contributed by atoms with E-state index >= 15 is 0 Å². The Balaban J connectivity index is 2.48. The molecule has 0 saturated carbocycles. The van der Waals surface area contributed by atoms with E-state index in [1.54, 1.807) is 0 Å². The zero-order valence-corrected chi connectivity index (χ0v) is 9.27. The molecule has 0 saturated heterocycles. The minimum atomic E-state index is 0.180. The van der Waals surface area contributed by atoms with Crippen LogP contribution in [0.3, 0.4) is 0 Å². The van der Waals surface area contributed by atoms with Crippen LogP contribution in [0, 0.1) is 0 Å². The predicted molar refractivity (Wildman–Crippen MR) is 60.7 cm³/mol. The molecule has 2 heteroatoms. The van der Waals surface area contributed by atoms with Crippen LogP contribution in [-0.2, 0) is 12.8 Å². The third kappa shape index (κ3) is 1.55. The SMILES string of the molecule is CC[C@H](N)c1ccc(Cl)c2c1CCC2. The standard InChI is InChI=1S/C12H16ClN/c1-2-12(14)10-6-7-11(13)9-5-3-4-8(9)10/h6-7,12H,2-5,14H2,1H3/t12-/m0/s1. The van der Waals surface area contributed by atoms with Crippen LogP contribution in [0.25, 0.3) is 0 Å². The second kappa shape index (κ2) is 3.92. The number of fused-ring (bicyclic) bond motifs is 1. The van der Waals surface area contributed by atoms with Gasteiger partial charge in [-0.05, 0) is 48.4 Å². The third-order valence-electron chi connectivity index (χ3n) is 3.10. The largest absolute Gasteiger partial charge is 0.324 e. The van der Waals surface area contributed by atoms with Crippen molar-refractivity contribution < 1.29 is 0 Å². The summed E-state index contributed by atoms with van der Waals surface area (Å²) in [6, 6.07) is 4.27. The molecular weight excluding hydrogens is 194 g/mol. The molecule has 1 aromatic carbocycles. The second-order valence-electron chi connectivity index (χ2n) is 3.96. The van der Waals surface area contributed by atoms with Gasteiger partial charge in [0.15, 0.2) is 0 Å². The molecule has 1 aliphatic carbocycles. The lowest BCUT2D eigenvalue weighted by molar-refractivity contribution is 0.690. The number of rotatable bonds is 2. The van der Waals surface area contributed by atoms with Gasteiger partial charge in [0.2, 0.25) is 0 Å². The van der Waals surface area contributed by atoms with Crippen molar-refractivity contribution in [3.8, 4) is 0 Å². The fourth-order valence-corrected chi connectivity index (χ4v) is 2.53. The molecule has 14 heavy (non-hydrogen) atoms. The van der Waals surface area contributed by atoms with Gasteiger partial charge in [-0.3, -0.25) is 0 Å². The lowest BCUT2D eigenvalue weighted by Gasteiger charge is -2.15. The first kappa shape index (κ1) is 10.0. The van der Waals surface area contributed by atoms with Crippen LogP contribution in [0.5, 0.6) is 0 Å². The maximum atomic E-state index is 6.15. The van der Waals surface area contributed by atoms with Crippen LogP contribution in [0.15, 0.2) is 12.1 Å². The highest BCUT2D eigenvalue weighted by atomic mass is 35.5. The first-order valence-corrected chi connectivity index (χ1v) is 5.67. The summed E-state index contributed by atoms with van der Waals surface area (Å²) in [6.45, 7) is 2.13. The van der Waals surface area contributed by atoms with Crippen molar-refractivity contribution in [3.63, 3.8) is 0 Å². The normalized spacial score (nSPS) is 16.8. The number of hydrogen-bond acceptors (Lipinski definition) is 1. The molecular formula is C12H16ClN. The van der Waals surface area contributed by atoms with Crippen LogP contribution < -0.4 is 5.73 Å². The van der Waals surface area contributed by atoms with E-state index in [0.29, 0.717) is 0 Å². The van der Waals surface area contributed by atoms with Gasteiger partial charge >= 0.3 is 0 Å². The lowest BCUT2D eigenvalue weighted by Crippen LogP contribution is -2.11. The van der Waals surface area contributed by atoms with E-state index in [1.807, 2.05) is 6.07 Å². The first-order chi connectivity index (χ1) is 6.74. The second-order valence-corrected chi connectivity index (χ2v) is 4.37. The molecule has 1 aromatic rings. The summed E-state index contributed by atoms with van der Waals surface area (Å²) < 4.78 is 0. The molecule has 1 atom stereocenters. The third-order valence-corrected chi connectivity index (χ3v) is 3.46. The molecule has 0 heterocycles. The van der Waals surface area contributed by atoms with Gasteiger partial charge in [0.1, 0.15) is 0 Å². The molecule has 76 valence electrons. The molecule has 2 N–H and O–H groups in total. The maximum absolute atomic E-state index is 6.15. The average Bonchev–Trinajstić information content (AvgIpc) is 2.67. The Kier molecular flexibility index (Phi) is 2.80. The molecule has 2 rings (SSSR count). The van der Waals surface area contributed by atoms with E-state index < -0.39 is 0 Å². The lowest BCUT2D eigenvalue weighted by atomic mass is 9.96. The zero-order chi connectivity index (χ0) is 10.1. The molecule has 0 radical (unpaired) electrons. The summed E-state index contributed by atoms with van der Waals surface area (Å²) >= 11 is 6.15. The Morgan fingerprint density at radius 2 is 2.07 bits per heavy atom. The van der Waals surface area contributed by atoms with E-state index in [2.05, 4.69) is 13.0 Å². The van der Waals surface area contributed by atoms with Gasteiger partial charge in [0, 0.05) is 11.1 Å². The monoisotopic (exact) mass is 209 g/mol. The van der Waals surface area contributed by atoms with Crippen molar-refractivity contribution in [3.05, 3.63) is 33.8 Å². The fourth-order valence-electron chi connectivity index (χ4n) is 2.26. The first-order valence-electron chi connectivity index (χ1n) is 5.29. The highest BCUT2D eigenvalue weighted by molar-refractivity contribution is 6.31. The van der Waals surface area contributed by atoms with Crippen LogP contribution in [0.1, 0.15) is 42.5 Å². The van der Waals surface area contributed by atoms with Crippen molar-refractivity contribution in [1.29, 1.82) is 0 Å². The minimum absolute atomic E-state index is 0.180. The van der Waals surface area contributed by atoms with Crippen molar-refractivity contribution in [2.24, 2.45) is 5.73 Å². The minimum Gasteiger partial charge on any atom is -0.324 e. The highest BCUT2D eigenvalue weighted by Crippen LogP contribution is 2.34. The Morgan fingerprint density at radius 3 is 2.79 bits per heavy atom. The average molecular weight is 210 g/mol. The van der Waals surface area contributed by atoms with E-state index in [9.17, 15) is 0 Å². The smallest absolute Gasteiger partial charge is 0.0440 e. The van der Waals surface area contributed by atoms with Crippen molar-refractivity contribution in [2.45, 2.75) is 38.6 Å². The Labute approximate surface area is 90.3 Å². The summed E-state index contributed by atoms with van der Waals surface area (Å²) in [5, 5.41) is 0.921. The van der Waals surface area contributed by atoms with Gasteiger partial charge in [0.25, 0.3) is 0 Å². The molecule has 0 bridgehead atoms. The summed E-state index contributed by atoms with van der Waals surface area (Å²) in [5.41, 5.74) is 10.1. The highest BCUT2D eigenvalue weighted by Gasteiger charge is 2.19. The molecule has 0 spiro atoms. The van der Waals surface area contributed by atoms with Gasteiger partial charge in [-0.2, -0.15) is 0 Å². The molecule has 0 aromatic heterocycles. The molecule has 1 aliphatic rings. The Bertz CT molecular complexity index is 346. The van der Waals surface area contributed by atoms with Crippen LogP contribution in [-0.4, -0.2) is 0 Å². The van der Waals surface area contributed by atoms with Crippen molar-refractivity contribution in [1.82, 2.24) is 0 Å². The summed E-state index contributed by atoms with van der Waals surface area (Å²) in [4.78, 5) is 0.